The Morgan fingerprint density at radius 3 is 1.15 bits per heavy atom. The summed E-state index contributed by atoms with van der Waals surface area (Å²) in [6.07, 6.45) is 7.28. The summed E-state index contributed by atoms with van der Waals surface area (Å²) in [5.74, 6) is 0.556. The van der Waals surface area contributed by atoms with Crippen LogP contribution in [0.25, 0.3) is 18.2 Å². The minimum Gasteiger partial charge on any atom is -0.504 e. The molecular weight excluding hydrogens is 1610 g/mol. The monoisotopic (exact) mass is 1660 g/mol. The number of alkyl halides is 3. The van der Waals surface area contributed by atoms with Crippen molar-refractivity contribution in [3.8, 4) is 40.6 Å². The molecule has 6 amide bonds. The van der Waals surface area contributed by atoms with Crippen LogP contribution < -0.4 is 28.4 Å². The maximum atomic E-state index is 12.2. The molecule has 27 nitrogen and oxygen atoms in total. The van der Waals surface area contributed by atoms with Crippen LogP contribution in [0, 0.1) is 13.8 Å². The van der Waals surface area contributed by atoms with Gasteiger partial charge in [-0.25, -0.2) is 31.8 Å². The summed E-state index contributed by atoms with van der Waals surface area (Å²) in [6, 6.07) is 10.2. The number of sulfone groups is 2. The predicted octanol–water partition coefficient (Wildman–Crippen LogP) is 11.7. The minimum absolute atomic E-state index is 0. The molecule has 3 aliphatic rings. The molecule has 3 aliphatic heterocycles. The topological polar surface area (TPSA) is 350 Å². The molecule has 3 aromatic heterocycles. The third-order valence-electron chi connectivity index (χ3n) is 12.6. The van der Waals surface area contributed by atoms with Crippen LogP contribution in [0.4, 0.5) is 27.6 Å². The van der Waals surface area contributed by atoms with Gasteiger partial charge in [0.15, 0.2) is 16.7 Å². The number of benzene rings is 3. The van der Waals surface area contributed by atoms with E-state index in [1.807, 2.05) is 38.3 Å². The zero-order valence-corrected chi connectivity index (χ0v) is 61.9. The Labute approximate surface area is 601 Å². The number of aromatic nitrogens is 6. The number of carbonyl (C=O) groups excluding carboxylic acids is 7. The Morgan fingerprint density at radius 2 is 0.857 bits per heavy atom. The standard InChI is InChI=1S/C19H18BrN3O6S2.C19H18BrN3O4S2.C18H16BrN3O7S2.C2HF3O.CH4/c1-10-5-13(20)11(7-15-17(24)23(2)19(25)30-15)6-14(10)29-9-12-8-21-18(31(4,26)27)22-16(12)28-3;1-10-5-13(20)11(7-15-17(24)23(2)19(25)29-15)6-14(10)27-9-12-8-21-18(28-4)22-16(12)26-3;1-22-16(24)14(30-18(22)25)5-9-4-13(12(23)6-11(9)19)29-8-10-7-20-17(31(3,26)27)21-15(10)28-2;3-2(4,5)1-6;/h5-8H,9H2,1-4H3;5-8H,9H2,1-4H3;4-7,23H,8H2,1-3H3;1H;1H4/b2*15-7-;14-5-;;. The lowest BCUT2D eigenvalue weighted by Crippen LogP contribution is -2.22. The quantitative estimate of drug-likeness (QED) is 0.0361. The van der Waals surface area contributed by atoms with Gasteiger partial charge < -0.3 is 33.5 Å². The van der Waals surface area contributed by atoms with Crippen molar-refractivity contribution >= 4 is 172 Å². The summed E-state index contributed by atoms with van der Waals surface area (Å²) in [4.78, 5) is 108. The number of hydrogen-bond acceptors (Lipinski definition) is 28. The van der Waals surface area contributed by atoms with Crippen molar-refractivity contribution in [2.75, 3.05) is 61.2 Å². The second kappa shape index (κ2) is 34.9. The van der Waals surface area contributed by atoms with Crippen molar-refractivity contribution < 1.29 is 97.1 Å². The number of aryl methyl sites for hydroxylation is 2. The highest BCUT2D eigenvalue weighted by molar-refractivity contribution is 9.11. The van der Waals surface area contributed by atoms with Gasteiger partial charge in [-0.1, -0.05) is 67.0 Å². The lowest BCUT2D eigenvalue weighted by atomic mass is 10.1. The first-order valence-corrected chi connectivity index (χ1v) is 36.6. The van der Waals surface area contributed by atoms with Gasteiger partial charge in [0.1, 0.15) is 31.3 Å². The molecule has 524 valence electrons. The average molecular weight is 1670 g/mol. The van der Waals surface area contributed by atoms with Crippen LogP contribution in [0.1, 0.15) is 51.9 Å². The molecule has 0 spiro atoms. The first kappa shape index (κ1) is 81.0. The van der Waals surface area contributed by atoms with Crippen LogP contribution >= 0.6 is 94.8 Å². The zero-order valence-electron chi connectivity index (χ0n) is 52.3. The van der Waals surface area contributed by atoms with Gasteiger partial charge in [-0.2, -0.15) is 28.1 Å². The number of ether oxygens (including phenoxy) is 6. The third kappa shape index (κ3) is 21.4. The van der Waals surface area contributed by atoms with Gasteiger partial charge in [0.2, 0.25) is 53.9 Å². The SMILES string of the molecule is C.COc1nc(S(C)(=O)=O)ncc1COc1cc(/C=C2\SC(=O)N(C)C2=O)c(Br)cc1C.COc1nc(S(C)(=O)=O)ncc1COc1cc(/C=C2\SC(=O)N(C)C2=O)c(Br)cc1O.COc1nc(SC)ncc1COc1cc(/C=C2\SC(=O)N(C)C2=O)c(Br)cc1C.O=CC(F)(F)F. The van der Waals surface area contributed by atoms with Crippen LogP contribution in [-0.2, 0) is 58.7 Å². The van der Waals surface area contributed by atoms with Crippen molar-refractivity contribution in [3.05, 3.63) is 128 Å². The second-order valence-corrected chi connectivity index (χ2v) is 29.8. The number of nitrogens with zero attached hydrogens (tertiary/aromatic N) is 9. The molecule has 98 heavy (non-hydrogen) atoms. The molecule has 0 saturated carbocycles. The molecule has 0 bridgehead atoms. The van der Waals surface area contributed by atoms with Crippen LogP contribution in [0.3, 0.4) is 0 Å². The van der Waals surface area contributed by atoms with Crippen molar-refractivity contribution in [1.29, 1.82) is 0 Å². The smallest absolute Gasteiger partial charge is 0.446 e. The Kier molecular flexibility index (Phi) is 28.9. The number of methoxy groups -OCH3 is 3. The van der Waals surface area contributed by atoms with Gasteiger partial charge in [-0.3, -0.25) is 48.3 Å². The van der Waals surface area contributed by atoms with E-state index in [4.69, 9.17) is 33.2 Å². The van der Waals surface area contributed by atoms with Gasteiger partial charge in [-0.05, 0) is 138 Å². The fourth-order valence-electron chi connectivity index (χ4n) is 7.59. The highest BCUT2D eigenvalue weighted by atomic mass is 79.9. The number of amides is 6. The van der Waals surface area contributed by atoms with E-state index in [1.165, 1.54) is 77.7 Å². The van der Waals surface area contributed by atoms with Crippen LogP contribution in [-0.4, -0.2) is 174 Å². The number of phenols is 1. The van der Waals surface area contributed by atoms with Gasteiger partial charge in [0.25, 0.3) is 33.4 Å². The Hall–Kier alpha value is -7.66. The van der Waals surface area contributed by atoms with Crippen LogP contribution in [0.5, 0.6) is 40.6 Å². The number of phenolic OH excluding ortho intramolecular Hbond substituents is 1. The van der Waals surface area contributed by atoms with Crippen LogP contribution in [0.15, 0.2) is 98.6 Å². The van der Waals surface area contributed by atoms with E-state index in [0.717, 1.165) is 93.7 Å². The van der Waals surface area contributed by atoms with Crippen molar-refractivity contribution in [1.82, 2.24) is 44.6 Å². The lowest BCUT2D eigenvalue weighted by molar-refractivity contribution is -0.156. The van der Waals surface area contributed by atoms with Gasteiger partial charge in [-0.15, -0.1) is 0 Å². The third-order valence-corrected chi connectivity index (χ3v) is 19.8. The van der Waals surface area contributed by atoms with E-state index in [0.29, 0.717) is 59.1 Å². The molecule has 3 saturated heterocycles. The summed E-state index contributed by atoms with van der Waals surface area (Å²) < 4.78 is 113. The first-order valence-electron chi connectivity index (χ1n) is 26.7. The first-order chi connectivity index (χ1) is 45.4. The molecule has 6 aromatic rings. The van der Waals surface area contributed by atoms with Gasteiger partial charge in [0.05, 0.1) is 52.7 Å². The van der Waals surface area contributed by atoms with E-state index >= 15 is 0 Å². The number of aldehydes is 1. The predicted molar refractivity (Wildman–Crippen MR) is 370 cm³/mol. The summed E-state index contributed by atoms with van der Waals surface area (Å²) in [5.41, 5.74) is 5.18. The lowest BCUT2D eigenvalue weighted by Gasteiger charge is -2.13. The van der Waals surface area contributed by atoms with E-state index in [2.05, 4.69) is 77.7 Å². The molecule has 9 rings (SSSR count). The van der Waals surface area contributed by atoms with Crippen LogP contribution in [0.2, 0.25) is 0 Å². The summed E-state index contributed by atoms with van der Waals surface area (Å²) in [7, 11) is 1.37. The van der Waals surface area contributed by atoms with Gasteiger partial charge in [0, 0.05) is 65.7 Å². The number of halogens is 6. The van der Waals surface area contributed by atoms with Crippen molar-refractivity contribution in [3.63, 3.8) is 0 Å². The average Bonchev–Trinajstić information content (AvgIpc) is 1.77. The molecule has 1 N–H and O–H groups in total. The highest BCUT2D eigenvalue weighted by Crippen LogP contribution is 2.40. The molecule has 0 radical (unpaired) electrons. The number of likely N-dealkylation sites (N-methyl/N-ethyl adjacent to an activating group) is 3. The zero-order chi connectivity index (χ0) is 72.2. The Bertz CT molecular complexity index is 4290. The Balaban J connectivity index is 0.000000253. The van der Waals surface area contributed by atoms with Crippen molar-refractivity contribution in [2.45, 2.75) is 62.7 Å². The van der Waals surface area contributed by atoms with E-state index in [-0.39, 0.29) is 93.3 Å². The number of imide groups is 3. The molecule has 0 atom stereocenters. The summed E-state index contributed by atoms with van der Waals surface area (Å²) >= 11 is 14.3. The Morgan fingerprint density at radius 1 is 0.551 bits per heavy atom. The molecule has 39 heteroatoms. The summed E-state index contributed by atoms with van der Waals surface area (Å²) in [5, 5.41) is 9.12. The molecule has 6 heterocycles. The fourth-order valence-corrected chi connectivity index (χ4v) is 13.0. The van der Waals surface area contributed by atoms with E-state index in [1.54, 1.807) is 31.5 Å². The molecule has 0 aliphatic carbocycles. The number of rotatable bonds is 18. The number of hydrogen-bond donors (Lipinski definition) is 1. The number of aromatic hydroxyl groups is 1. The number of carbonyl (C=O) groups is 7. The maximum absolute atomic E-state index is 12.2. The highest BCUT2D eigenvalue weighted by Gasteiger charge is 2.35. The number of thioether (sulfide) groups is 4. The molecule has 3 aromatic carbocycles. The normalized spacial score (nSPS) is 15.1. The molecule has 3 fully saturated rings. The minimum atomic E-state index is -4.64. The van der Waals surface area contributed by atoms with Crippen molar-refractivity contribution in [2.24, 2.45) is 0 Å². The molecular formula is C59H57Br3F3N9O18S6. The maximum Gasteiger partial charge on any atom is 0.446 e. The largest absolute Gasteiger partial charge is 0.504 e. The van der Waals surface area contributed by atoms with E-state index < -0.39 is 38.0 Å². The summed E-state index contributed by atoms with van der Waals surface area (Å²) in [6.45, 7) is 3.90. The fraction of sp³-hybridized carbons (Fsp3) is 0.271. The molecule has 0 unspecified atom stereocenters. The second-order valence-electron chi connectivity index (χ2n) is 19.7. The van der Waals surface area contributed by atoms with E-state index in [9.17, 15) is 63.9 Å². The van der Waals surface area contributed by atoms with Gasteiger partial charge >= 0.3 is 6.18 Å².